The number of carbonyl (C=O) groups excluding carboxylic acids is 1. The van der Waals surface area contributed by atoms with Crippen LogP contribution in [0.4, 0.5) is 0 Å². The van der Waals surface area contributed by atoms with E-state index in [0.29, 0.717) is 13.1 Å². The Kier molecular flexibility index (Phi) is 4.51. The molecule has 0 N–H and O–H groups in total. The van der Waals surface area contributed by atoms with Crippen LogP contribution >= 0.6 is 0 Å². The van der Waals surface area contributed by atoms with Crippen molar-refractivity contribution in [3.8, 4) is 5.75 Å². The van der Waals surface area contributed by atoms with Crippen LogP contribution in [0.1, 0.15) is 49.2 Å². The van der Waals surface area contributed by atoms with Gasteiger partial charge in [-0.15, -0.1) is 0 Å². The fourth-order valence-corrected chi connectivity index (χ4v) is 3.61. The molecule has 2 heterocycles. The topological polar surface area (TPSA) is 48.0 Å². The molecule has 1 amide bonds. The second-order valence-corrected chi connectivity index (χ2v) is 8.51. The third kappa shape index (κ3) is 3.21. The second kappa shape index (κ2) is 6.64. The minimum Gasteiger partial charge on any atom is -0.497 e. The largest absolute Gasteiger partial charge is 0.497 e. The number of amides is 1. The Morgan fingerprint density at radius 1 is 1.04 bits per heavy atom. The van der Waals surface area contributed by atoms with Gasteiger partial charge in [0.15, 0.2) is 0 Å². The van der Waals surface area contributed by atoms with Crippen LogP contribution in [0.25, 0.3) is 0 Å². The maximum absolute atomic E-state index is 12.8. The molecule has 0 bridgehead atoms. The molecule has 5 nitrogen and oxygen atoms in total. The fourth-order valence-electron chi connectivity index (χ4n) is 3.61. The lowest BCUT2D eigenvalue weighted by Gasteiger charge is -2.32. The van der Waals surface area contributed by atoms with Gasteiger partial charge in [-0.1, -0.05) is 24.3 Å². The molecule has 0 unspecified atom stereocenters. The number of ether oxygens (including phenoxy) is 1. The number of fused-ring (bicyclic) bond motifs is 1. The van der Waals surface area contributed by atoms with Crippen LogP contribution in [0.15, 0.2) is 42.5 Å². The van der Waals surface area contributed by atoms with Gasteiger partial charge in [-0.2, -0.15) is 0 Å². The smallest absolute Gasteiger partial charge is 0.494 e. The summed E-state index contributed by atoms with van der Waals surface area (Å²) in [6.45, 7) is 9.33. The maximum atomic E-state index is 12.8. The van der Waals surface area contributed by atoms with Crippen molar-refractivity contribution >= 4 is 18.5 Å². The molecule has 0 atom stereocenters. The highest BCUT2D eigenvalue weighted by molar-refractivity contribution is 6.62. The van der Waals surface area contributed by atoms with Crippen LogP contribution in [0.5, 0.6) is 5.75 Å². The standard InChI is InChI=1S/C22H26BNO4/c1-21(2)22(3,4)28-23(27-21)17-8-11-19-16(12-17)14-24(20(19)25)13-15-6-9-18(26-5)10-7-15/h6-12H,13-14H2,1-5H3. The van der Waals surface area contributed by atoms with Gasteiger partial charge in [-0.25, -0.2) is 0 Å². The zero-order valence-corrected chi connectivity index (χ0v) is 17.1. The summed E-state index contributed by atoms with van der Waals surface area (Å²) in [5.41, 5.74) is 3.05. The molecule has 2 aromatic carbocycles. The molecule has 0 aromatic heterocycles. The van der Waals surface area contributed by atoms with E-state index in [2.05, 4.69) is 0 Å². The fraction of sp³-hybridized carbons (Fsp3) is 0.409. The average molecular weight is 379 g/mol. The number of benzene rings is 2. The summed E-state index contributed by atoms with van der Waals surface area (Å²) in [6.07, 6.45) is 0. The summed E-state index contributed by atoms with van der Waals surface area (Å²) in [7, 11) is 1.23. The Morgan fingerprint density at radius 3 is 2.29 bits per heavy atom. The lowest BCUT2D eigenvalue weighted by Crippen LogP contribution is -2.41. The molecule has 1 saturated heterocycles. The van der Waals surface area contributed by atoms with Gasteiger partial charge in [0, 0.05) is 18.7 Å². The molecule has 146 valence electrons. The molecule has 0 radical (unpaired) electrons. The lowest BCUT2D eigenvalue weighted by atomic mass is 9.78. The number of carbonyl (C=O) groups is 1. The Bertz CT molecular complexity index is 891. The quantitative estimate of drug-likeness (QED) is 0.766. The van der Waals surface area contributed by atoms with Crippen molar-refractivity contribution in [2.45, 2.75) is 52.0 Å². The van der Waals surface area contributed by atoms with E-state index in [-0.39, 0.29) is 17.1 Å². The van der Waals surface area contributed by atoms with Gasteiger partial charge in [0.2, 0.25) is 0 Å². The number of hydrogen-bond acceptors (Lipinski definition) is 4. The number of nitrogens with zero attached hydrogens (tertiary/aromatic N) is 1. The minimum absolute atomic E-state index is 0.0614. The van der Waals surface area contributed by atoms with Gasteiger partial charge in [0.25, 0.3) is 5.91 Å². The van der Waals surface area contributed by atoms with E-state index < -0.39 is 7.12 Å². The second-order valence-electron chi connectivity index (χ2n) is 8.51. The van der Waals surface area contributed by atoms with Gasteiger partial charge in [0.1, 0.15) is 5.75 Å². The third-order valence-electron chi connectivity index (χ3n) is 6.07. The summed E-state index contributed by atoms with van der Waals surface area (Å²) in [5, 5.41) is 0. The molecular formula is C22H26BNO4. The minimum atomic E-state index is -0.416. The van der Waals surface area contributed by atoms with Crippen LogP contribution < -0.4 is 10.2 Å². The molecule has 2 aliphatic rings. The van der Waals surface area contributed by atoms with Crippen molar-refractivity contribution in [1.82, 2.24) is 4.90 Å². The first kappa shape index (κ1) is 19.0. The SMILES string of the molecule is COc1ccc(CN2Cc3cc(B4OC(C)(C)C(C)(C)O4)ccc3C2=O)cc1. The van der Waals surface area contributed by atoms with Gasteiger partial charge in [0.05, 0.1) is 18.3 Å². The number of rotatable bonds is 4. The summed E-state index contributed by atoms with van der Waals surface area (Å²) in [4.78, 5) is 14.7. The van der Waals surface area contributed by atoms with Crippen molar-refractivity contribution in [1.29, 1.82) is 0 Å². The summed E-state index contributed by atoms with van der Waals surface area (Å²) in [6, 6.07) is 13.7. The molecule has 4 rings (SSSR count). The van der Waals surface area contributed by atoms with Crippen LogP contribution in [0, 0.1) is 0 Å². The molecular weight excluding hydrogens is 353 g/mol. The van der Waals surface area contributed by atoms with Gasteiger partial charge < -0.3 is 18.9 Å². The summed E-state index contributed by atoms with van der Waals surface area (Å²) < 4.78 is 17.5. The zero-order valence-electron chi connectivity index (χ0n) is 17.1. The van der Waals surface area contributed by atoms with E-state index in [1.165, 1.54) is 0 Å². The number of methoxy groups -OCH3 is 1. The Morgan fingerprint density at radius 2 is 1.68 bits per heavy atom. The Labute approximate surface area is 166 Å². The molecule has 2 aromatic rings. The molecule has 0 spiro atoms. The van der Waals surface area contributed by atoms with E-state index in [1.807, 2.05) is 75.1 Å². The molecule has 6 heteroatoms. The van der Waals surface area contributed by atoms with Crippen molar-refractivity contribution in [2.75, 3.05) is 7.11 Å². The van der Waals surface area contributed by atoms with E-state index in [1.54, 1.807) is 7.11 Å². The Hall–Kier alpha value is -2.31. The van der Waals surface area contributed by atoms with Crippen LogP contribution in [0.3, 0.4) is 0 Å². The molecule has 0 saturated carbocycles. The van der Waals surface area contributed by atoms with Gasteiger partial charge >= 0.3 is 7.12 Å². The van der Waals surface area contributed by atoms with Gasteiger partial charge in [-0.3, -0.25) is 4.79 Å². The summed E-state index contributed by atoms with van der Waals surface area (Å²) in [5.74, 6) is 0.873. The van der Waals surface area contributed by atoms with Crippen LogP contribution in [-0.2, 0) is 22.4 Å². The first-order valence-corrected chi connectivity index (χ1v) is 9.61. The molecule has 1 fully saturated rings. The normalized spacial score (nSPS) is 19.8. The summed E-state index contributed by atoms with van der Waals surface area (Å²) >= 11 is 0. The number of hydrogen-bond donors (Lipinski definition) is 0. The molecule has 28 heavy (non-hydrogen) atoms. The van der Waals surface area contributed by atoms with E-state index in [9.17, 15) is 4.79 Å². The van der Waals surface area contributed by atoms with Crippen LogP contribution in [-0.4, -0.2) is 36.2 Å². The van der Waals surface area contributed by atoms with Crippen molar-refractivity contribution < 1.29 is 18.8 Å². The lowest BCUT2D eigenvalue weighted by molar-refractivity contribution is 0.00578. The maximum Gasteiger partial charge on any atom is 0.494 e. The highest BCUT2D eigenvalue weighted by Crippen LogP contribution is 2.36. The highest BCUT2D eigenvalue weighted by Gasteiger charge is 2.51. The molecule has 2 aliphatic heterocycles. The van der Waals surface area contributed by atoms with Crippen molar-refractivity contribution in [3.63, 3.8) is 0 Å². The highest BCUT2D eigenvalue weighted by atomic mass is 16.7. The van der Waals surface area contributed by atoms with Crippen LogP contribution in [0.2, 0.25) is 0 Å². The first-order valence-electron chi connectivity index (χ1n) is 9.61. The third-order valence-corrected chi connectivity index (χ3v) is 6.07. The van der Waals surface area contributed by atoms with E-state index in [0.717, 1.165) is 27.9 Å². The monoisotopic (exact) mass is 379 g/mol. The van der Waals surface area contributed by atoms with Crippen molar-refractivity contribution in [2.24, 2.45) is 0 Å². The van der Waals surface area contributed by atoms with Crippen molar-refractivity contribution in [3.05, 3.63) is 59.2 Å². The average Bonchev–Trinajstić information content (AvgIpc) is 3.07. The Balaban J connectivity index is 1.51. The predicted molar refractivity (Wildman–Crippen MR) is 109 cm³/mol. The van der Waals surface area contributed by atoms with E-state index in [4.69, 9.17) is 14.0 Å². The zero-order chi connectivity index (χ0) is 20.1. The van der Waals surface area contributed by atoms with E-state index >= 15 is 0 Å². The first-order chi connectivity index (χ1) is 13.2. The molecule has 0 aliphatic carbocycles. The van der Waals surface area contributed by atoms with Gasteiger partial charge in [-0.05, 0) is 62.5 Å². The predicted octanol–water partition coefficient (Wildman–Crippen LogP) is 3.15.